The molecule has 10 nitrogen and oxygen atoms in total. The van der Waals surface area contributed by atoms with Gasteiger partial charge in [0.1, 0.15) is 17.8 Å². The maximum Gasteiger partial charge on any atom is 0.410 e. The van der Waals surface area contributed by atoms with Crippen LogP contribution in [-0.4, -0.2) is 95.1 Å². The average Bonchev–Trinajstić information content (AvgIpc) is 3.16. The molecule has 2 heterocycles. The van der Waals surface area contributed by atoms with Crippen LogP contribution in [0.2, 0.25) is 0 Å². The molecule has 0 radical (unpaired) electrons. The first-order valence-electron chi connectivity index (χ1n) is 10.8. The number of carbonyl (C=O) groups excluding carboxylic acids is 1. The second kappa shape index (κ2) is 11.7. The highest BCUT2D eigenvalue weighted by Crippen LogP contribution is 2.11. The standard InChI is InChI=1S/C20H38N8O2/c1-6-17-25-24-16-28(17)11-9-23-18(21-5)22-8-7-10-26-12-14-27(15-13-26)19(29)30-20(2,3)4/h16H,6-15H2,1-5H3,(H2,21,22,23). The minimum atomic E-state index is -0.444. The first kappa shape index (κ1) is 23.9. The highest BCUT2D eigenvalue weighted by molar-refractivity contribution is 5.79. The number of aromatic nitrogens is 3. The molecule has 1 fully saturated rings. The fraction of sp³-hybridized carbons (Fsp3) is 0.800. The lowest BCUT2D eigenvalue weighted by Gasteiger charge is -2.35. The minimum Gasteiger partial charge on any atom is -0.444 e. The Labute approximate surface area is 180 Å². The van der Waals surface area contributed by atoms with Crippen LogP contribution in [0.15, 0.2) is 11.3 Å². The average molecular weight is 423 g/mol. The highest BCUT2D eigenvalue weighted by atomic mass is 16.6. The van der Waals surface area contributed by atoms with Gasteiger partial charge in [-0.15, -0.1) is 10.2 Å². The van der Waals surface area contributed by atoms with Crippen molar-refractivity contribution >= 4 is 12.1 Å². The Balaban J connectivity index is 1.57. The number of nitrogens with one attached hydrogen (secondary N) is 2. The number of aliphatic imine (C=N–C) groups is 1. The fourth-order valence-corrected chi connectivity index (χ4v) is 3.24. The molecule has 0 spiro atoms. The zero-order valence-corrected chi connectivity index (χ0v) is 19.1. The van der Waals surface area contributed by atoms with E-state index in [1.807, 2.05) is 20.8 Å². The maximum absolute atomic E-state index is 12.1. The Morgan fingerprint density at radius 3 is 2.50 bits per heavy atom. The van der Waals surface area contributed by atoms with E-state index < -0.39 is 5.60 Å². The smallest absolute Gasteiger partial charge is 0.410 e. The van der Waals surface area contributed by atoms with Crippen LogP contribution in [0.5, 0.6) is 0 Å². The van der Waals surface area contributed by atoms with Gasteiger partial charge in [-0.05, 0) is 33.7 Å². The molecule has 0 unspecified atom stereocenters. The van der Waals surface area contributed by atoms with E-state index in [2.05, 4.69) is 42.2 Å². The number of carbonyl (C=O) groups is 1. The Morgan fingerprint density at radius 1 is 1.17 bits per heavy atom. The molecule has 0 bridgehead atoms. The third-order valence-electron chi connectivity index (χ3n) is 4.85. The summed E-state index contributed by atoms with van der Waals surface area (Å²) in [6.07, 6.45) is 3.44. The van der Waals surface area contributed by atoms with Crippen LogP contribution >= 0.6 is 0 Å². The molecular weight excluding hydrogens is 384 g/mol. The molecule has 170 valence electrons. The molecule has 30 heavy (non-hydrogen) atoms. The third-order valence-corrected chi connectivity index (χ3v) is 4.85. The Morgan fingerprint density at radius 2 is 1.87 bits per heavy atom. The number of aryl methyl sites for hydroxylation is 1. The number of guanidine groups is 1. The van der Waals surface area contributed by atoms with Crippen molar-refractivity contribution in [3.63, 3.8) is 0 Å². The van der Waals surface area contributed by atoms with E-state index in [9.17, 15) is 4.79 Å². The quantitative estimate of drug-likeness (QED) is 0.365. The van der Waals surface area contributed by atoms with E-state index in [-0.39, 0.29) is 6.09 Å². The van der Waals surface area contributed by atoms with Gasteiger partial charge >= 0.3 is 6.09 Å². The number of piperazine rings is 1. The molecule has 0 aromatic carbocycles. The molecule has 2 N–H and O–H groups in total. The number of ether oxygens (including phenoxy) is 1. The molecule has 0 aliphatic carbocycles. The van der Waals surface area contributed by atoms with E-state index in [4.69, 9.17) is 4.74 Å². The number of hydrogen-bond donors (Lipinski definition) is 2. The van der Waals surface area contributed by atoms with Crippen molar-refractivity contribution in [2.24, 2.45) is 4.99 Å². The van der Waals surface area contributed by atoms with Gasteiger partial charge in [-0.2, -0.15) is 0 Å². The number of amides is 1. The van der Waals surface area contributed by atoms with Crippen LogP contribution in [0, 0.1) is 0 Å². The van der Waals surface area contributed by atoms with Gasteiger partial charge in [0.15, 0.2) is 5.96 Å². The van der Waals surface area contributed by atoms with Crippen molar-refractivity contribution in [1.82, 2.24) is 35.2 Å². The van der Waals surface area contributed by atoms with E-state index in [1.165, 1.54) is 0 Å². The minimum absolute atomic E-state index is 0.212. The first-order chi connectivity index (χ1) is 14.3. The summed E-state index contributed by atoms with van der Waals surface area (Å²) >= 11 is 0. The molecule has 0 atom stereocenters. The molecular formula is C20H38N8O2. The number of rotatable bonds is 8. The summed E-state index contributed by atoms with van der Waals surface area (Å²) in [6.45, 7) is 14.4. The molecule has 1 aliphatic rings. The second-order valence-electron chi connectivity index (χ2n) is 8.38. The number of hydrogen-bond acceptors (Lipinski definition) is 6. The normalized spacial score (nSPS) is 15.9. The molecule has 1 aromatic rings. The van der Waals surface area contributed by atoms with Crippen molar-refractivity contribution in [3.8, 4) is 0 Å². The topological polar surface area (TPSA) is 99.9 Å². The van der Waals surface area contributed by atoms with Crippen LogP contribution in [0.1, 0.15) is 39.9 Å². The van der Waals surface area contributed by atoms with Gasteiger partial charge < -0.3 is 24.8 Å². The molecule has 1 saturated heterocycles. The van der Waals surface area contributed by atoms with Crippen LogP contribution in [0.3, 0.4) is 0 Å². The molecule has 0 saturated carbocycles. The van der Waals surface area contributed by atoms with Crippen molar-refractivity contribution < 1.29 is 9.53 Å². The molecule has 2 rings (SSSR count). The molecule has 1 aromatic heterocycles. The molecule has 1 amide bonds. The van der Waals surface area contributed by atoms with Crippen LogP contribution in [-0.2, 0) is 17.7 Å². The Hall–Kier alpha value is -2.36. The van der Waals surface area contributed by atoms with Gasteiger partial charge in [-0.3, -0.25) is 9.89 Å². The summed E-state index contributed by atoms with van der Waals surface area (Å²) in [6, 6.07) is 0. The van der Waals surface area contributed by atoms with E-state index >= 15 is 0 Å². The van der Waals surface area contributed by atoms with E-state index in [1.54, 1.807) is 18.3 Å². The van der Waals surface area contributed by atoms with Gasteiger partial charge in [0, 0.05) is 59.3 Å². The largest absolute Gasteiger partial charge is 0.444 e. The van der Waals surface area contributed by atoms with Gasteiger partial charge in [0.2, 0.25) is 0 Å². The maximum atomic E-state index is 12.1. The van der Waals surface area contributed by atoms with Crippen molar-refractivity contribution in [3.05, 3.63) is 12.2 Å². The third kappa shape index (κ3) is 8.17. The first-order valence-corrected chi connectivity index (χ1v) is 10.8. The van der Waals surface area contributed by atoms with Gasteiger partial charge in [-0.1, -0.05) is 6.92 Å². The zero-order chi connectivity index (χ0) is 22.0. The monoisotopic (exact) mass is 422 g/mol. The number of nitrogens with zero attached hydrogens (tertiary/aromatic N) is 6. The second-order valence-corrected chi connectivity index (χ2v) is 8.38. The lowest BCUT2D eigenvalue weighted by Crippen LogP contribution is -2.50. The summed E-state index contributed by atoms with van der Waals surface area (Å²) in [5, 5.41) is 14.7. The zero-order valence-electron chi connectivity index (χ0n) is 19.1. The van der Waals surface area contributed by atoms with Crippen molar-refractivity contribution in [2.45, 2.75) is 52.7 Å². The SMILES string of the molecule is CCc1nncn1CCNC(=NC)NCCCN1CCN(C(=O)OC(C)(C)C)CC1. The van der Waals surface area contributed by atoms with Crippen LogP contribution in [0.4, 0.5) is 4.79 Å². The predicted molar refractivity (Wildman–Crippen MR) is 118 cm³/mol. The van der Waals surface area contributed by atoms with Crippen molar-refractivity contribution in [1.29, 1.82) is 0 Å². The molecule has 10 heteroatoms. The Bertz CT molecular complexity index is 675. The summed E-state index contributed by atoms with van der Waals surface area (Å²) in [7, 11) is 1.78. The molecule has 1 aliphatic heterocycles. The van der Waals surface area contributed by atoms with E-state index in [0.717, 1.165) is 63.9 Å². The summed E-state index contributed by atoms with van der Waals surface area (Å²) in [4.78, 5) is 20.6. The van der Waals surface area contributed by atoms with Crippen molar-refractivity contribution in [2.75, 3.05) is 52.9 Å². The lowest BCUT2D eigenvalue weighted by atomic mass is 10.2. The summed E-state index contributed by atoms with van der Waals surface area (Å²) in [5.41, 5.74) is -0.444. The van der Waals surface area contributed by atoms with Gasteiger partial charge in [0.25, 0.3) is 0 Å². The summed E-state index contributed by atoms with van der Waals surface area (Å²) < 4.78 is 7.50. The summed E-state index contributed by atoms with van der Waals surface area (Å²) in [5.74, 6) is 1.79. The van der Waals surface area contributed by atoms with Gasteiger partial charge in [-0.25, -0.2) is 4.79 Å². The Kier molecular flexibility index (Phi) is 9.35. The predicted octanol–water partition coefficient (Wildman–Crippen LogP) is 0.948. The lowest BCUT2D eigenvalue weighted by molar-refractivity contribution is 0.0145. The van der Waals surface area contributed by atoms with Crippen LogP contribution < -0.4 is 10.6 Å². The van der Waals surface area contributed by atoms with E-state index in [0.29, 0.717) is 13.1 Å². The highest BCUT2D eigenvalue weighted by Gasteiger charge is 2.25. The van der Waals surface area contributed by atoms with Gasteiger partial charge in [0.05, 0.1) is 0 Å². The fourth-order valence-electron chi connectivity index (χ4n) is 3.24. The van der Waals surface area contributed by atoms with Crippen LogP contribution in [0.25, 0.3) is 0 Å².